The highest BCUT2D eigenvalue weighted by atomic mass is 127. The molecule has 0 unspecified atom stereocenters. The van der Waals surface area contributed by atoms with E-state index >= 15 is 0 Å². The minimum Gasteiger partial charge on any atom is -0.466 e. The molecular weight excluding hydrogens is 733 g/mol. The molecule has 4 N–H and O–H groups in total. The quantitative estimate of drug-likeness (QED) is 0.191. The van der Waals surface area contributed by atoms with Gasteiger partial charge in [0.05, 0.1) is 31.6 Å². The Hall–Kier alpha value is -0.710. The van der Waals surface area contributed by atoms with Crippen LogP contribution < -0.4 is 11.5 Å². The molecule has 1 aromatic rings. The monoisotopic (exact) mass is 756 g/mol. The van der Waals surface area contributed by atoms with Crippen molar-refractivity contribution in [3.8, 4) is 0 Å². The first-order chi connectivity index (χ1) is 14.1. The van der Waals surface area contributed by atoms with Gasteiger partial charge < -0.3 is 20.9 Å². The molecule has 0 aliphatic carbocycles. The molecule has 11 heteroatoms. The van der Waals surface area contributed by atoms with Crippen molar-refractivity contribution in [2.75, 3.05) is 13.2 Å². The Morgan fingerprint density at radius 3 is 1.80 bits per heavy atom. The topological polar surface area (TPSA) is 139 Å². The van der Waals surface area contributed by atoms with Gasteiger partial charge in [-0.05, 0) is 105 Å². The number of primary amides is 2. The molecule has 2 amide bonds. The number of rotatable bonds is 12. The summed E-state index contributed by atoms with van der Waals surface area (Å²) in [5, 5.41) is 0. The largest absolute Gasteiger partial charge is 0.466 e. The van der Waals surface area contributed by atoms with Gasteiger partial charge in [0.1, 0.15) is 0 Å². The van der Waals surface area contributed by atoms with Crippen LogP contribution in [0.4, 0.5) is 0 Å². The molecule has 0 radical (unpaired) electrons. The number of nitrogens with two attached hydrogens (primary N) is 2. The Labute approximate surface area is 216 Å². The van der Waals surface area contributed by atoms with Crippen molar-refractivity contribution in [2.24, 2.45) is 11.5 Å². The third-order valence-corrected chi connectivity index (χ3v) is 7.65. The van der Waals surface area contributed by atoms with Crippen LogP contribution in [0, 0.1) is 10.7 Å². The zero-order chi connectivity index (χ0) is 22.8. The Morgan fingerprint density at radius 2 is 1.33 bits per heavy atom. The maximum atomic E-state index is 12.8. The lowest BCUT2D eigenvalue weighted by Gasteiger charge is -2.18. The van der Waals surface area contributed by atoms with Gasteiger partial charge in [-0.15, -0.1) is 0 Å². The smallest absolute Gasteiger partial charge is 0.340 e. The van der Waals surface area contributed by atoms with E-state index in [0.29, 0.717) is 59.7 Å². The fourth-order valence-electron chi connectivity index (χ4n) is 2.63. The van der Waals surface area contributed by atoms with Gasteiger partial charge in [-0.2, -0.15) is 0 Å². The predicted molar refractivity (Wildman–Crippen MR) is 136 cm³/mol. The van der Waals surface area contributed by atoms with Crippen LogP contribution in [0.3, 0.4) is 0 Å². The van der Waals surface area contributed by atoms with Crippen LogP contribution in [0.2, 0.25) is 0 Å². The second-order valence-corrected chi connectivity index (χ2v) is 9.55. The van der Waals surface area contributed by atoms with Crippen molar-refractivity contribution >= 4 is 91.5 Å². The van der Waals surface area contributed by atoms with E-state index in [4.69, 9.17) is 20.9 Å². The first kappa shape index (κ1) is 27.3. The van der Waals surface area contributed by atoms with Crippen molar-refractivity contribution in [1.29, 1.82) is 0 Å². The number of amides is 2. The molecule has 0 aliphatic heterocycles. The van der Waals surface area contributed by atoms with Crippen molar-refractivity contribution in [3.63, 3.8) is 0 Å². The summed E-state index contributed by atoms with van der Waals surface area (Å²) in [7, 11) is 0. The van der Waals surface area contributed by atoms with Gasteiger partial charge in [0.15, 0.2) is 0 Å². The molecule has 1 rings (SSSR count). The Morgan fingerprint density at radius 1 is 0.800 bits per heavy atom. The zero-order valence-corrected chi connectivity index (χ0v) is 22.9. The molecule has 0 spiro atoms. The van der Waals surface area contributed by atoms with Gasteiger partial charge in [-0.1, -0.05) is 0 Å². The second-order valence-electron chi connectivity index (χ2n) is 6.31. The molecule has 0 saturated heterocycles. The third-order valence-electron chi connectivity index (χ3n) is 3.97. The number of benzene rings is 1. The van der Waals surface area contributed by atoms with Crippen LogP contribution in [0.25, 0.3) is 0 Å². The Bertz CT molecular complexity index is 786. The van der Waals surface area contributed by atoms with Crippen LogP contribution in [0.1, 0.15) is 54.1 Å². The molecule has 0 bridgehead atoms. The summed E-state index contributed by atoms with van der Waals surface area (Å²) in [6.45, 7) is 2.31. The maximum absolute atomic E-state index is 12.8. The maximum Gasteiger partial charge on any atom is 0.340 e. The molecule has 0 atom stereocenters. The van der Waals surface area contributed by atoms with Gasteiger partial charge >= 0.3 is 11.9 Å². The number of esters is 2. The van der Waals surface area contributed by atoms with Crippen molar-refractivity contribution in [1.82, 2.24) is 0 Å². The zero-order valence-electron chi connectivity index (χ0n) is 16.4. The summed E-state index contributed by atoms with van der Waals surface area (Å²) >= 11 is 6.03. The second kappa shape index (κ2) is 13.6. The summed E-state index contributed by atoms with van der Waals surface area (Å²) < 4.78 is 12.1. The first-order valence-corrected chi connectivity index (χ1v) is 12.4. The molecule has 1 aromatic carbocycles. The lowest BCUT2D eigenvalue weighted by molar-refractivity contribution is -0.143. The summed E-state index contributed by atoms with van der Waals surface area (Å²) in [6, 6.07) is 0. The van der Waals surface area contributed by atoms with Gasteiger partial charge in [0.25, 0.3) is 0 Å². The highest BCUT2D eigenvalue weighted by Crippen LogP contribution is 2.33. The van der Waals surface area contributed by atoms with Crippen LogP contribution in [0.5, 0.6) is 0 Å². The van der Waals surface area contributed by atoms with E-state index in [1.165, 1.54) is 0 Å². The van der Waals surface area contributed by atoms with Crippen molar-refractivity contribution in [3.05, 3.63) is 27.4 Å². The molecule has 0 aromatic heterocycles. The summed E-state index contributed by atoms with van der Waals surface area (Å²) in [5.74, 6) is -1.86. The van der Waals surface area contributed by atoms with E-state index < -0.39 is 17.8 Å². The molecule has 0 saturated carbocycles. The average Bonchev–Trinajstić information content (AvgIpc) is 2.65. The van der Waals surface area contributed by atoms with Crippen LogP contribution in [-0.4, -0.2) is 37.0 Å². The van der Waals surface area contributed by atoms with E-state index in [2.05, 4.69) is 0 Å². The van der Waals surface area contributed by atoms with E-state index in [1.807, 2.05) is 67.8 Å². The predicted octanol–water partition coefficient (Wildman–Crippen LogP) is 2.84. The number of carbonyl (C=O) groups excluding carboxylic acids is 4. The lowest BCUT2D eigenvalue weighted by atomic mass is 10.0. The van der Waals surface area contributed by atoms with Gasteiger partial charge in [0, 0.05) is 17.1 Å². The van der Waals surface area contributed by atoms with E-state index in [0.717, 1.165) is 0 Å². The molecule has 166 valence electrons. The third kappa shape index (κ3) is 8.43. The minimum absolute atomic E-state index is 0.0621. The minimum atomic E-state index is -0.544. The molecule has 0 fully saturated rings. The highest BCUT2D eigenvalue weighted by Gasteiger charge is 2.26. The fourth-order valence-corrected chi connectivity index (χ4v) is 7.00. The number of carbonyl (C=O) groups is 4. The molecule has 0 heterocycles. The van der Waals surface area contributed by atoms with Crippen LogP contribution in [-0.2, 0) is 36.7 Å². The van der Waals surface area contributed by atoms with Crippen LogP contribution in [0.15, 0.2) is 0 Å². The highest BCUT2D eigenvalue weighted by molar-refractivity contribution is 14.1. The summed E-state index contributed by atoms with van der Waals surface area (Å²) in [4.78, 5) is 47.1. The van der Waals surface area contributed by atoms with E-state index in [-0.39, 0.29) is 25.4 Å². The number of ether oxygens (including phenoxy) is 2. The Balaban J connectivity index is 2.93. The van der Waals surface area contributed by atoms with E-state index in [9.17, 15) is 19.2 Å². The van der Waals surface area contributed by atoms with E-state index in [1.54, 1.807) is 6.92 Å². The number of unbranched alkanes of at least 4 members (excludes halogenated alkanes) is 2. The number of hydrogen-bond donors (Lipinski definition) is 2. The van der Waals surface area contributed by atoms with Gasteiger partial charge in [-0.3, -0.25) is 14.4 Å². The average molecular weight is 756 g/mol. The van der Waals surface area contributed by atoms with Crippen molar-refractivity contribution in [2.45, 2.75) is 45.4 Å². The molecule has 8 nitrogen and oxygen atoms in total. The van der Waals surface area contributed by atoms with Gasteiger partial charge in [0.2, 0.25) is 11.8 Å². The molecule has 30 heavy (non-hydrogen) atoms. The Kier molecular flexibility index (Phi) is 12.4. The molecular formula is C19H23I3N2O6. The number of halogens is 3. The number of hydrogen-bond acceptors (Lipinski definition) is 6. The SMILES string of the molecule is CCOC(=O)CCCCCOC(=O)c1c(I)c(CC(N)=O)c(I)c(CC(N)=O)c1I. The van der Waals surface area contributed by atoms with Crippen LogP contribution >= 0.6 is 67.8 Å². The summed E-state index contributed by atoms with van der Waals surface area (Å²) in [6.07, 6.45) is 2.18. The summed E-state index contributed by atoms with van der Waals surface area (Å²) in [5.41, 5.74) is 12.2. The van der Waals surface area contributed by atoms with Crippen molar-refractivity contribution < 1.29 is 28.7 Å². The fraction of sp³-hybridized carbons (Fsp3) is 0.474. The lowest BCUT2D eigenvalue weighted by Crippen LogP contribution is -2.22. The first-order valence-electron chi connectivity index (χ1n) is 9.17. The normalized spacial score (nSPS) is 10.5. The molecule has 0 aliphatic rings. The standard InChI is InChI=1S/C19H23I3N2O6/c1-2-29-14(27)6-4-3-5-7-30-19(28)15-17(21)10(8-12(23)25)16(20)11(18(15)22)9-13(24)26/h2-9H2,1H3,(H2,23,25)(H2,24,26). The van der Waals surface area contributed by atoms with Gasteiger partial charge in [-0.25, -0.2) is 4.79 Å².